The van der Waals surface area contributed by atoms with Crippen molar-refractivity contribution < 1.29 is 13.2 Å². The third-order valence-corrected chi connectivity index (χ3v) is 3.78. The monoisotopic (exact) mass is 365 g/mol. The molecule has 0 fully saturated rings. The van der Waals surface area contributed by atoms with Gasteiger partial charge in [-0.3, -0.25) is 9.36 Å². The Balaban J connectivity index is 1.74. The van der Waals surface area contributed by atoms with Crippen LogP contribution in [0.25, 0.3) is 11.3 Å². The molecule has 0 spiro atoms. The van der Waals surface area contributed by atoms with Gasteiger partial charge in [0.1, 0.15) is 0 Å². The Labute approximate surface area is 147 Å². The molecular weight excluding hydrogens is 347 g/mol. The average Bonchev–Trinajstić information content (AvgIpc) is 3.19. The number of nitrogens with zero attached hydrogens (tertiary/aromatic N) is 6. The molecule has 3 heterocycles. The second-order valence-electron chi connectivity index (χ2n) is 5.84. The van der Waals surface area contributed by atoms with Crippen molar-refractivity contribution in [3.8, 4) is 11.3 Å². The van der Waals surface area contributed by atoms with E-state index < -0.39 is 11.9 Å². The van der Waals surface area contributed by atoms with Crippen molar-refractivity contribution in [1.29, 1.82) is 0 Å². The number of aromatic nitrogens is 6. The first-order chi connectivity index (χ1) is 12.3. The number of halogens is 3. The molecule has 0 aromatic carbocycles. The average molecular weight is 365 g/mol. The summed E-state index contributed by atoms with van der Waals surface area (Å²) in [6.45, 7) is 3.02. The molecule has 0 aliphatic rings. The minimum atomic E-state index is -4.55. The Hall–Kier alpha value is -2.91. The van der Waals surface area contributed by atoms with Crippen LogP contribution in [0.3, 0.4) is 0 Å². The summed E-state index contributed by atoms with van der Waals surface area (Å²) in [5.41, 5.74) is 0.706. The van der Waals surface area contributed by atoms with E-state index in [1.165, 1.54) is 10.9 Å². The molecule has 0 radical (unpaired) electrons. The maximum absolute atomic E-state index is 13.1. The minimum absolute atomic E-state index is 0.0594. The smallest absolute Gasteiger partial charge is 0.354 e. The predicted molar refractivity (Wildman–Crippen MR) is 89.3 cm³/mol. The van der Waals surface area contributed by atoms with E-state index in [9.17, 15) is 13.2 Å². The molecule has 3 aromatic rings. The summed E-state index contributed by atoms with van der Waals surface area (Å²) in [6.07, 6.45) is 0.894. The van der Waals surface area contributed by atoms with Gasteiger partial charge in [-0.25, -0.2) is 9.97 Å². The Kier molecular flexibility index (Phi) is 4.92. The molecule has 0 saturated carbocycles. The third-order valence-electron chi connectivity index (χ3n) is 3.78. The van der Waals surface area contributed by atoms with Crippen LogP contribution in [0.2, 0.25) is 0 Å². The standard InChI is InChI=1S/C16H18F3N7/c1-11-4-6-21-26(11)7-3-5-20-15-23-13(12-9-22-25(2)10-12)8-14(24-15)16(17,18)19/h4,6,8-10H,3,5,7H2,1-2H3,(H,20,23,24). The van der Waals surface area contributed by atoms with Gasteiger partial charge in [0.15, 0.2) is 5.69 Å². The zero-order valence-electron chi connectivity index (χ0n) is 14.3. The summed E-state index contributed by atoms with van der Waals surface area (Å²) in [4.78, 5) is 7.78. The predicted octanol–water partition coefficient (Wildman–Crippen LogP) is 2.90. The first kappa shape index (κ1) is 17.9. The SMILES string of the molecule is Cc1ccnn1CCCNc1nc(-c2cnn(C)c2)cc(C(F)(F)F)n1. The fraction of sp³-hybridized carbons (Fsp3) is 0.375. The fourth-order valence-corrected chi connectivity index (χ4v) is 2.43. The van der Waals surface area contributed by atoms with Gasteiger partial charge in [-0.05, 0) is 25.5 Å². The molecule has 3 rings (SSSR count). The second kappa shape index (κ2) is 7.14. The van der Waals surface area contributed by atoms with Crippen molar-refractivity contribution in [1.82, 2.24) is 29.5 Å². The van der Waals surface area contributed by atoms with Crippen LogP contribution < -0.4 is 5.32 Å². The van der Waals surface area contributed by atoms with Crippen LogP contribution in [0.4, 0.5) is 19.1 Å². The van der Waals surface area contributed by atoms with Crippen molar-refractivity contribution >= 4 is 5.95 Å². The number of aryl methyl sites for hydroxylation is 3. The number of hydrogen-bond acceptors (Lipinski definition) is 5. The van der Waals surface area contributed by atoms with Crippen LogP contribution in [0.1, 0.15) is 17.8 Å². The maximum Gasteiger partial charge on any atom is 0.433 e. The van der Waals surface area contributed by atoms with Crippen LogP contribution in [0.15, 0.2) is 30.7 Å². The molecule has 0 saturated heterocycles. The summed E-state index contributed by atoms with van der Waals surface area (Å²) in [6, 6.07) is 2.82. The summed E-state index contributed by atoms with van der Waals surface area (Å²) in [5, 5.41) is 11.0. The molecule has 0 unspecified atom stereocenters. The molecule has 7 nitrogen and oxygen atoms in total. The largest absolute Gasteiger partial charge is 0.433 e. The summed E-state index contributed by atoms with van der Waals surface area (Å²) < 4.78 is 42.7. The Bertz CT molecular complexity index is 882. The number of hydrogen-bond donors (Lipinski definition) is 1. The van der Waals surface area contributed by atoms with Crippen LogP contribution in [-0.2, 0) is 19.8 Å². The molecule has 1 N–H and O–H groups in total. The second-order valence-corrected chi connectivity index (χ2v) is 5.84. The number of anilines is 1. The zero-order valence-corrected chi connectivity index (χ0v) is 14.3. The van der Waals surface area contributed by atoms with E-state index in [2.05, 4.69) is 25.5 Å². The summed E-state index contributed by atoms with van der Waals surface area (Å²) >= 11 is 0. The summed E-state index contributed by atoms with van der Waals surface area (Å²) in [7, 11) is 1.69. The minimum Gasteiger partial charge on any atom is -0.354 e. The van der Waals surface area contributed by atoms with Gasteiger partial charge in [0.2, 0.25) is 5.95 Å². The summed E-state index contributed by atoms with van der Waals surface area (Å²) in [5.74, 6) is -0.0594. The molecule has 0 bridgehead atoms. The first-order valence-corrected chi connectivity index (χ1v) is 8.00. The van der Waals surface area contributed by atoms with Crippen molar-refractivity contribution in [2.45, 2.75) is 26.1 Å². The van der Waals surface area contributed by atoms with Crippen LogP contribution >= 0.6 is 0 Å². The van der Waals surface area contributed by atoms with Crippen LogP contribution in [0, 0.1) is 6.92 Å². The number of nitrogens with one attached hydrogen (secondary N) is 1. The molecule has 0 amide bonds. The lowest BCUT2D eigenvalue weighted by molar-refractivity contribution is -0.141. The first-order valence-electron chi connectivity index (χ1n) is 8.00. The zero-order chi connectivity index (χ0) is 18.7. The van der Waals surface area contributed by atoms with Crippen molar-refractivity contribution in [2.75, 3.05) is 11.9 Å². The fourth-order valence-electron chi connectivity index (χ4n) is 2.43. The molecule has 3 aromatic heterocycles. The number of alkyl halides is 3. The normalized spacial score (nSPS) is 11.7. The van der Waals surface area contributed by atoms with E-state index in [0.29, 0.717) is 25.1 Å². The maximum atomic E-state index is 13.1. The number of rotatable bonds is 6. The van der Waals surface area contributed by atoms with Gasteiger partial charge in [0.05, 0.1) is 11.9 Å². The topological polar surface area (TPSA) is 73.5 Å². The van der Waals surface area contributed by atoms with Gasteiger partial charge in [0, 0.05) is 43.8 Å². The van der Waals surface area contributed by atoms with E-state index in [4.69, 9.17) is 0 Å². The third kappa shape index (κ3) is 4.19. The lowest BCUT2D eigenvalue weighted by Crippen LogP contribution is -2.14. The highest BCUT2D eigenvalue weighted by molar-refractivity contribution is 5.59. The Morgan fingerprint density at radius 2 is 2.00 bits per heavy atom. The van der Waals surface area contributed by atoms with Crippen molar-refractivity contribution in [2.24, 2.45) is 7.05 Å². The van der Waals surface area contributed by atoms with E-state index in [0.717, 1.165) is 11.8 Å². The quantitative estimate of drug-likeness (QED) is 0.680. The molecule has 138 valence electrons. The lowest BCUT2D eigenvalue weighted by atomic mass is 10.2. The van der Waals surface area contributed by atoms with E-state index >= 15 is 0 Å². The van der Waals surface area contributed by atoms with Gasteiger partial charge >= 0.3 is 6.18 Å². The molecule has 0 aliphatic carbocycles. The Morgan fingerprint density at radius 3 is 2.62 bits per heavy atom. The van der Waals surface area contributed by atoms with Gasteiger partial charge in [0.25, 0.3) is 0 Å². The van der Waals surface area contributed by atoms with Gasteiger partial charge < -0.3 is 5.32 Å². The van der Waals surface area contributed by atoms with Crippen LogP contribution in [-0.4, -0.2) is 36.1 Å². The van der Waals surface area contributed by atoms with Gasteiger partial charge in [-0.1, -0.05) is 0 Å². The molecular formula is C16H18F3N7. The van der Waals surface area contributed by atoms with E-state index in [1.807, 2.05) is 17.7 Å². The van der Waals surface area contributed by atoms with Crippen molar-refractivity contribution in [3.05, 3.63) is 42.1 Å². The van der Waals surface area contributed by atoms with E-state index in [1.54, 1.807) is 19.4 Å². The highest BCUT2D eigenvalue weighted by atomic mass is 19.4. The molecule has 10 heteroatoms. The van der Waals surface area contributed by atoms with Gasteiger partial charge in [-0.2, -0.15) is 23.4 Å². The van der Waals surface area contributed by atoms with Crippen molar-refractivity contribution in [3.63, 3.8) is 0 Å². The molecule has 0 atom stereocenters. The Morgan fingerprint density at radius 1 is 1.19 bits per heavy atom. The lowest BCUT2D eigenvalue weighted by Gasteiger charge is -2.11. The van der Waals surface area contributed by atoms with Gasteiger partial charge in [-0.15, -0.1) is 0 Å². The molecule has 0 aliphatic heterocycles. The van der Waals surface area contributed by atoms with E-state index in [-0.39, 0.29) is 11.6 Å². The highest BCUT2D eigenvalue weighted by Gasteiger charge is 2.34. The highest BCUT2D eigenvalue weighted by Crippen LogP contribution is 2.30. The molecule has 26 heavy (non-hydrogen) atoms. The van der Waals surface area contributed by atoms with Crippen LogP contribution in [0.5, 0.6) is 0 Å².